The maximum Gasteiger partial charge on any atom is 0.245 e. The number of ether oxygens (including phenoxy) is 1. The zero-order chi connectivity index (χ0) is 13.1. The van der Waals surface area contributed by atoms with Gasteiger partial charge in [0.2, 0.25) is 5.91 Å². The van der Waals surface area contributed by atoms with E-state index in [9.17, 15) is 4.79 Å². The van der Waals surface area contributed by atoms with Gasteiger partial charge in [-0.2, -0.15) is 5.10 Å². The number of halogens is 1. The molecule has 6 heteroatoms. The van der Waals surface area contributed by atoms with Gasteiger partial charge in [0, 0.05) is 30.9 Å². The van der Waals surface area contributed by atoms with Gasteiger partial charge in [-0.25, -0.2) is 0 Å². The van der Waals surface area contributed by atoms with Gasteiger partial charge < -0.3 is 9.64 Å². The third-order valence-corrected chi connectivity index (χ3v) is 3.42. The minimum atomic E-state index is -0.657. The number of carbonyl (C=O) groups excluding carboxylic acids is 1. The average molecular weight is 272 g/mol. The Balaban J connectivity index is 2.04. The van der Waals surface area contributed by atoms with Crippen LogP contribution in [0, 0.1) is 0 Å². The summed E-state index contributed by atoms with van der Waals surface area (Å²) >= 11 is 6.22. The van der Waals surface area contributed by atoms with E-state index in [4.69, 9.17) is 16.3 Å². The maximum absolute atomic E-state index is 12.2. The number of hydrogen-bond acceptors (Lipinski definition) is 3. The summed E-state index contributed by atoms with van der Waals surface area (Å²) < 4.78 is 7.02. The van der Waals surface area contributed by atoms with Crippen LogP contribution in [0.4, 0.5) is 0 Å². The summed E-state index contributed by atoms with van der Waals surface area (Å²) in [5.74, 6) is -0.0664. The Bertz CT molecular complexity index is 413. The fourth-order valence-electron chi connectivity index (χ4n) is 1.85. The number of nitrogens with zero attached hydrogens (tertiary/aromatic N) is 3. The first-order chi connectivity index (χ1) is 8.59. The highest BCUT2D eigenvalue weighted by molar-refractivity contribution is 6.30. The molecule has 0 aliphatic carbocycles. The molecule has 0 N–H and O–H groups in total. The number of rotatable bonds is 3. The molecule has 0 saturated carbocycles. The van der Waals surface area contributed by atoms with Crippen LogP contribution in [-0.4, -0.2) is 46.9 Å². The first kappa shape index (κ1) is 13.4. The first-order valence-corrected chi connectivity index (χ1v) is 6.58. The highest BCUT2D eigenvalue weighted by Gasteiger charge is 2.26. The molecule has 0 bridgehead atoms. The largest absolute Gasteiger partial charge is 0.378 e. The van der Waals surface area contributed by atoms with Crippen molar-refractivity contribution in [2.24, 2.45) is 0 Å². The standard InChI is InChI=1S/C12H18ClN3O2/c1-9(2)16-8-10(7-14-16)11(13)12(17)15-3-5-18-6-4-15/h7-9,11H,3-6H2,1-2H3. The number of hydrogen-bond donors (Lipinski definition) is 0. The topological polar surface area (TPSA) is 47.4 Å². The van der Waals surface area contributed by atoms with E-state index < -0.39 is 5.38 Å². The zero-order valence-corrected chi connectivity index (χ0v) is 11.4. The Morgan fingerprint density at radius 1 is 1.44 bits per heavy atom. The van der Waals surface area contributed by atoms with Crippen LogP contribution in [0.5, 0.6) is 0 Å². The minimum Gasteiger partial charge on any atom is -0.378 e. The van der Waals surface area contributed by atoms with Gasteiger partial charge in [-0.3, -0.25) is 9.48 Å². The smallest absolute Gasteiger partial charge is 0.245 e. The molecular weight excluding hydrogens is 254 g/mol. The van der Waals surface area contributed by atoms with Gasteiger partial charge in [0.25, 0.3) is 0 Å². The molecule has 1 fully saturated rings. The van der Waals surface area contributed by atoms with Crippen LogP contribution in [0.25, 0.3) is 0 Å². The van der Waals surface area contributed by atoms with Gasteiger partial charge in [0.1, 0.15) is 5.38 Å². The van der Waals surface area contributed by atoms with Gasteiger partial charge in [-0.15, -0.1) is 11.6 Å². The van der Waals surface area contributed by atoms with E-state index in [1.54, 1.807) is 15.8 Å². The Labute approximate surface area is 112 Å². The second kappa shape index (κ2) is 5.71. The summed E-state index contributed by atoms with van der Waals surface area (Å²) in [7, 11) is 0. The van der Waals surface area contributed by atoms with E-state index in [-0.39, 0.29) is 11.9 Å². The van der Waals surface area contributed by atoms with E-state index >= 15 is 0 Å². The Morgan fingerprint density at radius 3 is 2.67 bits per heavy atom. The molecule has 1 aromatic rings. The van der Waals surface area contributed by atoms with Crippen LogP contribution in [-0.2, 0) is 9.53 Å². The molecule has 1 unspecified atom stereocenters. The van der Waals surface area contributed by atoms with Crippen molar-refractivity contribution in [3.8, 4) is 0 Å². The summed E-state index contributed by atoms with van der Waals surface area (Å²) in [6, 6.07) is 0.265. The molecule has 0 spiro atoms. The van der Waals surface area contributed by atoms with Gasteiger partial charge in [-0.05, 0) is 13.8 Å². The summed E-state index contributed by atoms with van der Waals surface area (Å²) in [5.41, 5.74) is 0.752. The molecule has 2 rings (SSSR count). The monoisotopic (exact) mass is 271 g/mol. The third-order valence-electron chi connectivity index (χ3n) is 2.98. The number of carbonyl (C=O) groups is 1. The van der Waals surface area contributed by atoms with Crippen LogP contribution in [0.2, 0.25) is 0 Å². The third kappa shape index (κ3) is 2.84. The highest BCUT2D eigenvalue weighted by atomic mass is 35.5. The number of morpholine rings is 1. The van der Waals surface area contributed by atoms with Crippen molar-refractivity contribution in [3.05, 3.63) is 18.0 Å². The van der Waals surface area contributed by atoms with E-state index in [0.29, 0.717) is 26.3 Å². The van der Waals surface area contributed by atoms with Crippen molar-refractivity contribution in [3.63, 3.8) is 0 Å². The lowest BCUT2D eigenvalue weighted by Crippen LogP contribution is -2.42. The molecule has 100 valence electrons. The van der Waals surface area contributed by atoms with E-state index in [2.05, 4.69) is 5.10 Å². The summed E-state index contributed by atoms with van der Waals surface area (Å²) in [5, 5.41) is 3.54. The molecule has 1 saturated heterocycles. The first-order valence-electron chi connectivity index (χ1n) is 6.14. The van der Waals surface area contributed by atoms with Crippen molar-refractivity contribution in [1.29, 1.82) is 0 Å². The van der Waals surface area contributed by atoms with Crippen LogP contribution < -0.4 is 0 Å². The normalized spacial score (nSPS) is 18.1. The molecule has 0 aromatic carbocycles. The van der Waals surface area contributed by atoms with Crippen molar-refractivity contribution in [2.45, 2.75) is 25.3 Å². The zero-order valence-electron chi connectivity index (χ0n) is 10.7. The van der Waals surface area contributed by atoms with Crippen molar-refractivity contribution < 1.29 is 9.53 Å². The van der Waals surface area contributed by atoms with Crippen LogP contribution in [0.1, 0.15) is 30.8 Å². The molecule has 2 heterocycles. The fraction of sp³-hybridized carbons (Fsp3) is 0.667. The minimum absolute atomic E-state index is 0.0664. The lowest BCUT2D eigenvalue weighted by Gasteiger charge is -2.28. The molecule has 1 amide bonds. The van der Waals surface area contributed by atoms with Crippen molar-refractivity contribution in [2.75, 3.05) is 26.3 Å². The number of aromatic nitrogens is 2. The van der Waals surface area contributed by atoms with Gasteiger partial charge in [-0.1, -0.05) is 0 Å². The van der Waals surface area contributed by atoms with Crippen molar-refractivity contribution in [1.82, 2.24) is 14.7 Å². The lowest BCUT2D eigenvalue weighted by molar-refractivity contribution is -0.134. The molecule has 0 radical (unpaired) electrons. The maximum atomic E-state index is 12.2. The molecule has 18 heavy (non-hydrogen) atoms. The Hall–Kier alpha value is -1.07. The second-order valence-electron chi connectivity index (χ2n) is 4.65. The quantitative estimate of drug-likeness (QED) is 0.785. The number of amides is 1. The Morgan fingerprint density at radius 2 is 2.11 bits per heavy atom. The molecule has 1 aliphatic heterocycles. The van der Waals surface area contributed by atoms with Gasteiger partial charge in [0.05, 0.1) is 19.4 Å². The predicted octanol–water partition coefficient (Wildman–Crippen LogP) is 1.60. The molecule has 5 nitrogen and oxygen atoms in total. The summed E-state index contributed by atoms with van der Waals surface area (Å²) in [6.07, 6.45) is 3.50. The van der Waals surface area contributed by atoms with E-state index in [1.807, 2.05) is 20.0 Å². The Kier molecular flexibility index (Phi) is 4.24. The van der Waals surface area contributed by atoms with Crippen LogP contribution in [0.15, 0.2) is 12.4 Å². The summed E-state index contributed by atoms with van der Waals surface area (Å²) in [6.45, 7) is 6.45. The molecule has 1 aromatic heterocycles. The number of alkyl halides is 1. The highest BCUT2D eigenvalue weighted by Crippen LogP contribution is 2.23. The second-order valence-corrected chi connectivity index (χ2v) is 5.08. The van der Waals surface area contributed by atoms with E-state index in [0.717, 1.165) is 5.56 Å². The molecular formula is C12H18ClN3O2. The lowest BCUT2D eigenvalue weighted by atomic mass is 10.2. The van der Waals surface area contributed by atoms with Gasteiger partial charge >= 0.3 is 0 Å². The van der Waals surface area contributed by atoms with Gasteiger partial charge in [0.15, 0.2) is 0 Å². The SMILES string of the molecule is CC(C)n1cc(C(Cl)C(=O)N2CCOCC2)cn1. The fourth-order valence-corrected chi connectivity index (χ4v) is 2.10. The van der Waals surface area contributed by atoms with Crippen LogP contribution in [0.3, 0.4) is 0 Å². The van der Waals surface area contributed by atoms with E-state index in [1.165, 1.54) is 0 Å². The average Bonchev–Trinajstić information content (AvgIpc) is 2.88. The van der Waals surface area contributed by atoms with Crippen LogP contribution >= 0.6 is 11.6 Å². The summed E-state index contributed by atoms with van der Waals surface area (Å²) in [4.78, 5) is 13.9. The molecule has 1 atom stereocenters. The van der Waals surface area contributed by atoms with Crippen molar-refractivity contribution >= 4 is 17.5 Å². The molecule has 1 aliphatic rings. The predicted molar refractivity (Wildman–Crippen MR) is 68.6 cm³/mol.